The van der Waals surface area contributed by atoms with Gasteiger partial charge in [-0.05, 0) is 31.9 Å². The van der Waals surface area contributed by atoms with Crippen molar-refractivity contribution in [2.24, 2.45) is 0 Å². The summed E-state index contributed by atoms with van der Waals surface area (Å²) in [6, 6.07) is 8.20. The second-order valence-corrected chi connectivity index (χ2v) is 6.58. The second-order valence-electron chi connectivity index (χ2n) is 6.58. The molecule has 2 heterocycles. The molecule has 0 saturated carbocycles. The molecule has 1 aromatic carbocycles. The molecule has 1 fully saturated rings. The van der Waals surface area contributed by atoms with Gasteiger partial charge < -0.3 is 15.1 Å². The zero-order valence-electron chi connectivity index (χ0n) is 15.3. The average Bonchev–Trinajstić information content (AvgIpc) is 2.58. The quantitative estimate of drug-likeness (QED) is 0.932. The summed E-state index contributed by atoms with van der Waals surface area (Å²) in [5.41, 5.74) is 4.32. The first kappa shape index (κ1) is 17.2. The number of aryl methyl sites for hydroxylation is 3. The first-order chi connectivity index (χ1) is 11.9. The van der Waals surface area contributed by atoms with Crippen molar-refractivity contribution >= 4 is 23.4 Å². The van der Waals surface area contributed by atoms with Gasteiger partial charge in [0.15, 0.2) is 0 Å². The smallest absolute Gasteiger partial charge is 0.229 e. The van der Waals surface area contributed by atoms with Gasteiger partial charge in [-0.15, -0.1) is 0 Å². The third-order valence-corrected chi connectivity index (χ3v) is 4.61. The van der Waals surface area contributed by atoms with Crippen molar-refractivity contribution < 1.29 is 4.79 Å². The Morgan fingerprint density at radius 1 is 1.04 bits per heavy atom. The first-order valence-electron chi connectivity index (χ1n) is 8.63. The molecule has 0 bridgehead atoms. The van der Waals surface area contributed by atoms with Crippen molar-refractivity contribution in [3.05, 3.63) is 41.1 Å². The van der Waals surface area contributed by atoms with Gasteiger partial charge in [-0.2, -0.15) is 4.98 Å². The van der Waals surface area contributed by atoms with Crippen LogP contribution in [0.5, 0.6) is 0 Å². The molecule has 6 heteroatoms. The van der Waals surface area contributed by atoms with E-state index in [0.717, 1.165) is 43.4 Å². The summed E-state index contributed by atoms with van der Waals surface area (Å²) in [6.07, 6.45) is 0. The van der Waals surface area contributed by atoms with Gasteiger partial charge in [0.2, 0.25) is 11.9 Å². The maximum atomic E-state index is 11.5. The Labute approximate surface area is 148 Å². The number of para-hydroxylation sites is 1. The van der Waals surface area contributed by atoms with Gasteiger partial charge in [-0.1, -0.05) is 18.2 Å². The van der Waals surface area contributed by atoms with Gasteiger partial charge >= 0.3 is 0 Å². The third kappa shape index (κ3) is 3.90. The number of nitrogens with zero attached hydrogens (tertiary/aromatic N) is 4. The van der Waals surface area contributed by atoms with Crippen LogP contribution in [0.15, 0.2) is 24.3 Å². The molecule has 6 nitrogen and oxygen atoms in total. The molecule has 25 heavy (non-hydrogen) atoms. The molecule has 0 radical (unpaired) electrons. The molecule has 0 spiro atoms. The maximum absolute atomic E-state index is 11.5. The number of carbonyl (C=O) groups is 1. The van der Waals surface area contributed by atoms with Crippen LogP contribution >= 0.6 is 0 Å². The van der Waals surface area contributed by atoms with Gasteiger partial charge in [0.25, 0.3) is 0 Å². The molecule has 1 amide bonds. The Hall–Kier alpha value is -2.63. The maximum Gasteiger partial charge on any atom is 0.229 e. The molecular weight excluding hydrogens is 314 g/mol. The molecule has 3 rings (SSSR count). The van der Waals surface area contributed by atoms with Crippen LogP contribution in [-0.2, 0) is 4.79 Å². The average molecular weight is 339 g/mol. The summed E-state index contributed by atoms with van der Waals surface area (Å²) in [6.45, 7) is 10.8. The van der Waals surface area contributed by atoms with Crippen LogP contribution in [0.3, 0.4) is 0 Å². The Balaban J connectivity index is 1.81. The van der Waals surface area contributed by atoms with Crippen LogP contribution in [0.4, 0.5) is 17.5 Å². The van der Waals surface area contributed by atoms with Crippen molar-refractivity contribution in [3.63, 3.8) is 0 Å². The summed E-state index contributed by atoms with van der Waals surface area (Å²) in [5, 5.41) is 3.37. The van der Waals surface area contributed by atoms with Gasteiger partial charge in [0.05, 0.1) is 0 Å². The fourth-order valence-electron chi connectivity index (χ4n) is 3.14. The number of aromatic nitrogens is 2. The number of benzene rings is 1. The minimum absolute atomic E-state index is 0.135. The first-order valence-corrected chi connectivity index (χ1v) is 8.63. The fraction of sp³-hybridized carbons (Fsp3) is 0.421. The number of nitrogens with one attached hydrogen (secondary N) is 1. The van der Waals surface area contributed by atoms with Crippen LogP contribution < -0.4 is 10.2 Å². The Morgan fingerprint density at radius 2 is 1.68 bits per heavy atom. The highest BCUT2D eigenvalue weighted by molar-refractivity contribution is 5.73. The summed E-state index contributed by atoms with van der Waals surface area (Å²) in [7, 11) is 0. The number of carbonyl (C=O) groups excluding carboxylic acids is 1. The van der Waals surface area contributed by atoms with E-state index in [1.165, 1.54) is 11.1 Å². The van der Waals surface area contributed by atoms with E-state index in [2.05, 4.69) is 41.2 Å². The van der Waals surface area contributed by atoms with Crippen molar-refractivity contribution in [1.82, 2.24) is 14.9 Å². The van der Waals surface area contributed by atoms with E-state index < -0.39 is 0 Å². The topological polar surface area (TPSA) is 61.4 Å². The summed E-state index contributed by atoms with van der Waals surface area (Å²) >= 11 is 0. The van der Waals surface area contributed by atoms with E-state index in [-0.39, 0.29) is 5.91 Å². The second kappa shape index (κ2) is 7.09. The largest absolute Gasteiger partial charge is 0.353 e. The summed E-state index contributed by atoms with van der Waals surface area (Å²) in [5.74, 6) is 1.65. The van der Waals surface area contributed by atoms with Crippen molar-refractivity contribution in [2.45, 2.75) is 27.7 Å². The summed E-state index contributed by atoms with van der Waals surface area (Å²) < 4.78 is 0. The van der Waals surface area contributed by atoms with Gasteiger partial charge in [0.1, 0.15) is 5.82 Å². The number of amides is 1. The molecule has 132 valence electrons. The normalized spacial score (nSPS) is 14.6. The number of piperazine rings is 1. The Morgan fingerprint density at radius 3 is 2.28 bits per heavy atom. The zero-order valence-corrected chi connectivity index (χ0v) is 15.3. The lowest BCUT2D eigenvalue weighted by atomic mass is 10.1. The standard InChI is InChI=1S/C19H25N5O/c1-13-6-5-7-14(2)18(13)22-19-20-15(3)12-17(21-19)24-10-8-23(9-11-24)16(4)25/h5-7,12H,8-11H2,1-4H3,(H,20,21,22). The molecular formula is C19H25N5O. The highest BCUT2D eigenvalue weighted by atomic mass is 16.2. The fourth-order valence-corrected chi connectivity index (χ4v) is 3.14. The molecule has 1 saturated heterocycles. The number of hydrogen-bond donors (Lipinski definition) is 1. The monoisotopic (exact) mass is 339 g/mol. The Kier molecular flexibility index (Phi) is 4.88. The predicted molar refractivity (Wildman–Crippen MR) is 100 cm³/mol. The molecule has 1 aliphatic rings. The van der Waals surface area contributed by atoms with Gasteiger partial charge in [-0.3, -0.25) is 4.79 Å². The van der Waals surface area contributed by atoms with Crippen LogP contribution in [0.1, 0.15) is 23.7 Å². The highest BCUT2D eigenvalue weighted by Gasteiger charge is 2.20. The van der Waals surface area contributed by atoms with E-state index in [9.17, 15) is 4.79 Å². The SMILES string of the molecule is CC(=O)N1CCN(c2cc(C)nc(Nc3c(C)cccc3C)n2)CC1. The lowest BCUT2D eigenvalue weighted by Crippen LogP contribution is -2.48. The van der Waals surface area contributed by atoms with Crippen molar-refractivity contribution in [3.8, 4) is 0 Å². The molecule has 1 aliphatic heterocycles. The van der Waals surface area contributed by atoms with E-state index in [4.69, 9.17) is 4.98 Å². The van der Waals surface area contributed by atoms with E-state index in [0.29, 0.717) is 5.95 Å². The predicted octanol–water partition coefficient (Wildman–Crippen LogP) is 2.81. The number of hydrogen-bond acceptors (Lipinski definition) is 5. The zero-order chi connectivity index (χ0) is 18.0. The lowest BCUT2D eigenvalue weighted by Gasteiger charge is -2.35. The number of anilines is 3. The van der Waals surface area contributed by atoms with E-state index in [1.54, 1.807) is 6.92 Å². The van der Waals surface area contributed by atoms with E-state index in [1.807, 2.05) is 24.0 Å². The van der Waals surface area contributed by atoms with Crippen LogP contribution in [0.25, 0.3) is 0 Å². The van der Waals surface area contributed by atoms with Crippen molar-refractivity contribution in [1.29, 1.82) is 0 Å². The van der Waals surface area contributed by atoms with Gasteiger partial charge in [0, 0.05) is 50.6 Å². The Bertz CT molecular complexity index is 761. The molecule has 0 aliphatic carbocycles. The van der Waals surface area contributed by atoms with Crippen LogP contribution in [0, 0.1) is 20.8 Å². The number of rotatable bonds is 3. The molecule has 1 aromatic heterocycles. The third-order valence-electron chi connectivity index (χ3n) is 4.61. The lowest BCUT2D eigenvalue weighted by molar-refractivity contribution is -0.129. The van der Waals surface area contributed by atoms with Gasteiger partial charge in [-0.25, -0.2) is 4.98 Å². The molecule has 0 atom stereocenters. The molecule has 1 N–H and O–H groups in total. The molecule has 2 aromatic rings. The minimum Gasteiger partial charge on any atom is -0.353 e. The van der Waals surface area contributed by atoms with Crippen LogP contribution in [0.2, 0.25) is 0 Å². The summed E-state index contributed by atoms with van der Waals surface area (Å²) in [4.78, 5) is 24.8. The molecule has 0 unspecified atom stereocenters. The van der Waals surface area contributed by atoms with E-state index >= 15 is 0 Å². The van der Waals surface area contributed by atoms with Crippen molar-refractivity contribution in [2.75, 3.05) is 36.4 Å². The van der Waals surface area contributed by atoms with Crippen LogP contribution in [-0.4, -0.2) is 47.0 Å². The minimum atomic E-state index is 0.135. The highest BCUT2D eigenvalue weighted by Crippen LogP contribution is 2.24.